The largest absolute Gasteiger partial charge is 0.560 e. The van der Waals surface area contributed by atoms with Crippen molar-refractivity contribution >= 4 is 0 Å². The molecule has 0 spiro atoms. The van der Waals surface area contributed by atoms with Crippen LogP contribution in [0, 0.1) is 41.1 Å². The predicted molar refractivity (Wildman–Crippen MR) is 103 cm³/mol. The molecule has 18 heteroatoms. The Hall–Kier alpha value is -0.143. The van der Waals surface area contributed by atoms with Crippen LogP contribution in [-0.2, 0) is 42.1 Å². The van der Waals surface area contributed by atoms with Crippen molar-refractivity contribution in [3.8, 4) is 0 Å². The number of halogens is 12. The smallest absolute Gasteiger partial charge is 0.424 e. The molecular formula is C22H22F12O4W2-2. The fourth-order valence-electron chi connectivity index (χ4n) is 6.13. The Labute approximate surface area is 248 Å². The van der Waals surface area contributed by atoms with Crippen LogP contribution in [0.2, 0.25) is 0 Å². The minimum atomic E-state index is -6.71. The van der Waals surface area contributed by atoms with Crippen LogP contribution < -0.4 is 0 Å². The van der Waals surface area contributed by atoms with Crippen LogP contribution in [0.5, 0.6) is 0 Å². The van der Waals surface area contributed by atoms with Gasteiger partial charge in [0, 0.05) is 42.1 Å². The molecule has 4 nitrogen and oxygen atoms in total. The summed E-state index contributed by atoms with van der Waals surface area (Å²) in [6.07, 6.45) is -21.6. The van der Waals surface area contributed by atoms with E-state index in [1.807, 2.05) is 12.2 Å². The predicted octanol–water partition coefficient (Wildman–Crippen LogP) is 5.33. The van der Waals surface area contributed by atoms with Crippen LogP contribution in [0.15, 0.2) is 24.3 Å². The molecule has 0 aromatic heterocycles. The second kappa shape index (κ2) is 10.8. The van der Waals surface area contributed by atoms with Crippen LogP contribution in [0.4, 0.5) is 52.7 Å². The summed E-state index contributed by atoms with van der Waals surface area (Å²) >= 11 is 0. The first-order valence-corrected chi connectivity index (χ1v) is 10.9. The first-order chi connectivity index (χ1) is 16.7. The molecule has 4 N–H and O–H groups in total. The van der Waals surface area contributed by atoms with Crippen molar-refractivity contribution in [1.82, 2.24) is 0 Å². The van der Waals surface area contributed by atoms with E-state index in [2.05, 4.69) is 0 Å². The molecule has 40 heavy (non-hydrogen) atoms. The van der Waals surface area contributed by atoms with Gasteiger partial charge in [0.1, 0.15) is 5.60 Å². The van der Waals surface area contributed by atoms with Gasteiger partial charge in [-0.25, -0.2) is 5.92 Å². The normalized spacial score (nSPS) is 34.5. The summed E-state index contributed by atoms with van der Waals surface area (Å²) in [4.78, 5) is 0. The van der Waals surface area contributed by atoms with E-state index in [0.29, 0.717) is 12.2 Å². The van der Waals surface area contributed by atoms with Gasteiger partial charge in [0.25, 0.3) is 0 Å². The summed E-state index contributed by atoms with van der Waals surface area (Å²) in [5.41, 5.74) is -17.2. The van der Waals surface area contributed by atoms with Crippen molar-refractivity contribution in [2.45, 2.75) is 68.2 Å². The Morgan fingerprint density at radius 1 is 0.650 bits per heavy atom. The van der Waals surface area contributed by atoms with Gasteiger partial charge in [-0.3, -0.25) is 0 Å². The van der Waals surface area contributed by atoms with Crippen LogP contribution in [0.3, 0.4) is 0 Å². The molecule has 0 heterocycles. The zero-order valence-electron chi connectivity index (χ0n) is 20.2. The number of alkyl halides is 12. The van der Waals surface area contributed by atoms with Gasteiger partial charge in [0.05, 0.1) is 0 Å². The molecule has 0 aromatic carbocycles. The van der Waals surface area contributed by atoms with E-state index in [4.69, 9.17) is 0 Å². The van der Waals surface area contributed by atoms with Gasteiger partial charge in [-0.15, -0.1) is 24.0 Å². The molecule has 0 amide bonds. The van der Waals surface area contributed by atoms with E-state index >= 15 is 0 Å². The number of rotatable bonds is 2. The molecule has 2 saturated carbocycles. The van der Waals surface area contributed by atoms with Gasteiger partial charge in [0.2, 0.25) is 5.60 Å². The second-order valence-corrected chi connectivity index (χ2v) is 10.2. The number of aliphatic hydroxyl groups excluding tert-OH is 1. The first kappa shape index (κ1) is 37.9. The Morgan fingerprint density at radius 2 is 1.02 bits per heavy atom. The molecular weight excluding hydrogens is 924 g/mol. The average Bonchev–Trinajstić information content (AvgIpc) is 3.47. The summed E-state index contributed by atoms with van der Waals surface area (Å²) in [6, 6.07) is 0. The van der Waals surface area contributed by atoms with Crippen molar-refractivity contribution in [3.63, 3.8) is 0 Å². The first-order valence-electron chi connectivity index (χ1n) is 10.9. The SMILES string of the molecule is CC1(C(O)(C(F)(F)F)C(F)(F)F)[C-](C(O)(C(F)(F)F)C(F)(F)F)C2C=CC1C2.CC1(O)[C-](O)C2C=CC1C2.[W].[W]. The fourth-order valence-corrected chi connectivity index (χ4v) is 6.13. The van der Waals surface area contributed by atoms with Crippen LogP contribution in [0.25, 0.3) is 0 Å². The van der Waals surface area contributed by atoms with E-state index < -0.39 is 71.1 Å². The zero-order chi connectivity index (χ0) is 29.7. The van der Waals surface area contributed by atoms with Crippen molar-refractivity contribution in [2.75, 3.05) is 0 Å². The maximum atomic E-state index is 13.3. The van der Waals surface area contributed by atoms with E-state index in [9.17, 15) is 73.1 Å². The minimum Gasteiger partial charge on any atom is -0.560 e. The van der Waals surface area contributed by atoms with Crippen molar-refractivity contribution in [1.29, 1.82) is 0 Å². The monoisotopic (exact) mass is 946 g/mol. The van der Waals surface area contributed by atoms with Crippen molar-refractivity contribution < 1.29 is 115 Å². The van der Waals surface area contributed by atoms with Gasteiger partial charge in [0.15, 0.2) is 0 Å². The van der Waals surface area contributed by atoms with E-state index in [-0.39, 0.29) is 67.0 Å². The molecule has 2 fully saturated rings. The number of hydrogen-bond donors (Lipinski definition) is 4. The topological polar surface area (TPSA) is 80.9 Å². The van der Waals surface area contributed by atoms with E-state index in [1.54, 1.807) is 6.92 Å². The maximum absolute atomic E-state index is 13.3. The Balaban J connectivity index is 0.000000557. The Bertz CT molecular complexity index is 960. The number of hydrogen-bond acceptors (Lipinski definition) is 4. The third-order valence-electron chi connectivity index (χ3n) is 8.21. The molecule has 4 rings (SSSR count). The number of aliphatic hydroxyl groups is 4. The average molecular weight is 946 g/mol. The minimum absolute atomic E-state index is 0. The van der Waals surface area contributed by atoms with Gasteiger partial charge in [-0.1, -0.05) is 44.3 Å². The standard InChI is InChI=1S/C14H11F12O2.C8H11O2.2W/c1-8(10(28,13(21,22)23)14(24,25)26)6-3-2-5(4-6)7(8)9(27,11(15,16)17)12(18,19)20;1-8(10)6-3-2-5(4-6)7(8)9;;/h2-3,5-6,27-28H,4H2,1H3;2-3,5-6,9-10H,4H2,1H3;;/q2*-1;;. The number of allylic oxidation sites excluding steroid dienone is 2. The van der Waals surface area contributed by atoms with Gasteiger partial charge in [-0.2, -0.15) is 58.8 Å². The molecule has 4 aliphatic rings. The van der Waals surface area contributed by atoms with Crippen molar-refractivity contribution in [2.24, 2.45) is 29.1 Å². The van der Waals surface area contributed by atoms with Crippen LogP contribution >= 0.6 is 0 Å². The third kappa shape index (κ3) is 5.06. The number of fused-ring (bicyclic) bond motifs is 4. The summed E-state index contributed by atoms with van der Waals surface area (Å²) in [7, 11) is 0. The van der Waals surface area contributed by atoms with E-state index in [1.165, 1.54) is 0 Å². The van der Waals surface area contributed by atoms with E-state index in [0.717, 1.165) is 6.42 Å². The molecule has 0 aromatic rings. The Kier molecular flexibility index (Phi) is 10.2. The summed E-state index contributed by atoms with van der Waals surface area (Å²) in [6.45, 7) is 1.48. The zero-order valence-corrected chi connectivity index (χ0v) is 26.0. The molecule has 6 atom stereocenters. The second-order valence-electron chi connectivity index (χ2n) is 10.2. The molecule has 0 radical (unpaired) electrons. The van der Waals surface area contributed by atoms with Gasteiger partial charge < -0.3 is 20.4 Å². The van der Waals surface area contributed by atoms with Crippen LogP contribution in [-0.4, -0.2) is 61.9 Å². The van der Waals surface area contributed by atoms with Gasteiger partial charge in [-0.05, 0) is 17.4 Å². The third-order valence-corrected chi connectivity index (χ3v) is 8.21. The van der Waals surface area contributed by atoms with Crippen LogP contribution in [0.1, 0.15) is 26.7 Å². The quantitative estimate of drug-likeness (QED) is 0.172. The molecule has 232 valence electrons. The molecule has 0 aliphatic heterocycles. The van der Waals surface area contributed by atoms with Crippen molar-refractivity contribution in [3.05, 3.63) is 36.3 Å². The molecule has 0 saturated heterocycles. The molecule has 4 bridgehead atoms. The van der Waals surface area contributed by atoms with Gasteiger partial charge >= 0.3 is 24.7 Å². The molecule has 4 aliphatic carbocycles. The Morgan fingerprint density at radius 3 is 1.32 bits per heavy atom. The summed E-state index contributed by atoms with van der Waals surface area (Å²) < 4.78 is 159. The summed E-state index contributed by atoms with van der Waals surface area (Å²) in [5, 5.41) is 38.2. The fraction of sp³-hybridized carbons (Fsp3) is 0.727. The molecule has 6 unspecified atom stereocenters. The summed E-state index contributed by atoms with van der Waals surface area (Å²) in [5.74, 6) is -6.68. The maximum Gasteiger partial charge on any atom is 0.424 e.